The Balaban J connectivity index is 1.94. The van der Waals surface area contributed by atoms with Crippen LogP contribution in [0.1, 0.15) is 10.5 Å². The molecule has 3 heterocycles. The molecule has 1 aromatic carbocycles. The fraction of sp³-hybridized carbons (Fsp3) is 0. The van der Waals surface area contributed by atoms with Crippen molar-refractivity contribution in [2.45, 2.75) is 0 Å². The van der Waals surface area contributed by atoms with Crippen LogP contribution in [0.4, 0.5) is 0 Å². The van der Waals surface area contributed by atoms with Crippen molar-refractivity contribution in [2.24, 2.45) is 0 Å². The number of hydrogen-bond donors (Lipinski definition) is 1. The average molecular weight is 290 g/mol. The molecule has 0 atom stereocenters. The molecule has 0 fully saturated rings. The number of pyridine rings is 1. The number of fused-ring (bicyclic) bond motifs is 2. The first kappa shape index (κ1) is 12.5. The van der Waals surface area contributed by atoms with Gasteiger partial charge in [-0.1, -0.05) is 18.2 Å². The summed E-state index contributed by atoms with van der Waals surface area (Å²) in [6, 6.07) is 11.2. The molecular weight excluding hydrogens is 280 g/mol. The van der Waals surface area contributed by atoms with E-state index in [1.165, 1.54) is 10.6 Å². The normalized spacial score (nSPS) is 11.1. The Hall–Kier alpha value is -3.28. The molecule has 0 aliphatic heterocycles. The van der Waals surface area contributed by atoms with Gasteiger partial charge in [0.25, 0.3) is 0 Å². The summed E-state index contributed by atoms with van der Waals surface area (Å²) in [6.45, 7) is 0. The first-order chi connectivity index (χ1) is 10.7. The summed E-state index contributed by atoms with van der Waals surface area (Å²) in [7, 11) is 0. The molecule has 0 aliphatic rings. The van der Waals surface area contributed by atoms with E-state index < -0.39 is 5.97 Å². The number of carboxylic acids is 1. The minimum Gasteiger partial charge on any atom is -0.476 e. The van der Waals surface area contributed by atoms with E-state index in [1.54, 1.807) is 18.6 Å². The molecule has 0 saturated carbocycles. The molecule has 0 bridgehead atoms. The van der Waals surface area contributed by atoms with E-state index in [4.69, 9.17) is 5.11 Å². The minimum absolute atomic E-state index is 0.0239. The Morgan fingerprint density at radius 3 is 2.86 bits per heavy atom. The van der Waals surface area contributed by atoms with Gasteiger partial charge in [0.05, 0.1) is 5.52 Å². The second kappa shape index (κ2) is 4.63. The van der Waals surface area contributed by atoms with Gasteiger partial charge in [-0.05, 0) is 17.7 Å². The Labute approximate surface area is 124 Å². The molecule has 4 rings (SSSR count). The third-order valence-corrected chi connectivity index (χ3v) is 3.49. The lowest BCUT2D eigenvalue weighted by atomic mass is 10.0. The molecule has 1 N–H and O–H groups in total. The molecule has 106 valence electrons. The standard InChI is InChI=1S/C16H10N4O2/c21-16(22)14-7-15-18-8-10(9-20(15)19-14)11-5-6-17-13-4-2-1-3-12(11)13/h1-9H,(H,21,22). The molecule has 0 radical (unpaired) electrons. The average Bonchev–Trinajstić information content (AvgIpc) is 2.98. The lowest BCUT2D eigenvalue weighted by Gasteiger charge is -2.06. The number of hydrogen-bond acceptors (Lipinski definition) is 4. The topological polar surface area (TPSA) is 80.4 Å². The van der Waals surface area contributed by atoms with Crippen molar-refractivity contribution >= 4 is 22.5 Å². The van der Waals surface area contributed by atoms with Crippen LogP contribution in [0.3, 0.4) is 0 Å². The summed E-state index contributed by atoms with van der Waals surface area (Å²) >= 11 is 0. The number of aromatic carboxylic acids is 1. The van der Waals surface area contributed by atoms with Gasteiger partial charge in [0.1, 0.15) is 0 Å². The van der Waals surface area contributed by atoms with Crippen molar-refractivity contribution in [3.63, 3.8) is 0 Å². The van der Waals surface area contributed by atoms with Gasteiger partial charge in [0, 0.05) is 35.6 Å². The zero-order valence-corrected chi connectivity index (χ0v) is 11.3. The Morgan fingerprint density at radius 1 is 1.14 bits per heavy atom. The quantitative estimate of drug-likeness (QED) is 0.614. The van der Waals surface area contributed by atoms with E-state index in [1.807, 2.05) is 30.3 Å². The van der Waals surface area contributed by atoms with Crippen LogP contribution in [-0.2, 0) is 0 Å². The van der Waals surface area contributed by atoms with E-state index in [0.717, 1.165) is 22.0 Å². The fourth-order valence-corrected chi connectivity index (χ4v) is 2.47. The number of para-hydroxylation sites is 1. The first-order valence-electron chi connectivity index (χ1n) is 6.65. The van der Waals surface area contributed by atoms with E-state index >= 15 is 0 Å². The summed E-state index contributed by atoms with van der Waals surface area (Å²) in [5.74, 6) is -1.07. The number of rotatable bonds is 2. The van der Waals surface area contributed by atoms with Gasteiger partial charge in [-0.15, -0.1) is 0 Å². The maximum atomic E-state index is 11.0. The molecule has 0 spiro atoms. The van der Waals surface area contributed by atoms with Gasteiger partial charge in [-0.2, -0.15) is 5.10 Å². The Morgan fingerprint density at radius 2 is 2.00 bits per heavy atom. The van der Waals surface area contributed by atoms with Crippen LogP contribution in [-0.4, -0.2) is 30.7 Å². The van der Waals surface area contributed by atoms with Crippen molar-refractivity contribution in [1.82, 2.24) is 19.6 Å². The van der Waals surface area contributed by atoms with Crippen molar-refractivity contribution in [2.75, 3.05) is 0 Å². The number of nitrogens with zero attached hydrogens (tertiary/aromatic N) is 4. The molecule has 0 saturated heterocycles. The second-order valence-electron chi connectivity index (χ2n) is 4.86. The Kier molecular flexibility index (Phi) is 2.62. The zero-order chi connectivity index (χ0) is 15.1. The third kappa shape index (κ3) is 1.89. The predicted octanol–water partition coefficient (Wildman–Crippen LogP) is 2.64. The highest BCUT2D eigenvalue weighted by Gasteiger charge is 2.11. The molecule has 0 unspecified atom stereocenters. The maximum Gasteiger partial charge on any atom is 0.356 e. The Bertz CT molecular complexity index is 1020. The van der Waals surface area contributed by atoms with Gasteiger partial charge in [0.15, 0.2) is 11.3 Å². The van der Waals surface area contributed by atoms with E-state index in [2.05, 4.69) is 15.1 Å². The molecular formula is C16H10N4O2. The first-order valence-corrected chi connectivity index (χ1v) is 6.65. The molecule has 3 aromatic heterocycles. The van der Waals surface area contributed by atoms with Crippen molar-refractivity contribution in [3.8, 4) is 11.1 Å². The van der Waals surface area contributed by atoms with Gasteiger partial charge in [0.2, 0.25) is 0 Å². The fourth-order valence-electron chi connectivity index (χ4n) is 2.47. The third-order valence-electron chi connectivity index (χ3n) is 3.49. The summed E-state index contributed by atoms with van der Waals surface area (Å²) in [6.07, 6.45) is 5.23. The molecule has 22 heavy (non-hydrogen) atoms. The molecule has 6 heteroatoms. The highest BCUT2D eigenvalue weighted by Crippen LogP contribution is 2.26. The van der Waals surface area contributed by atoms with Crippen molar-refractivity contribution < 1.29 is 9.90 Å². The number of aromatic nitrogens is 4. The van der Waals surface area contributed by atoms with E-state index in [0.29, 0.717) is 5.65 Å². The van der Waals surface area contributed by atoms with Crippen LogP contribution >= 0.6 is 0 Å². The summed E-state index contributed by atoms with van der Waals surface area (Å²) < 4.78 is 1.48. The van der Waals surface area contributed by atoms with Crippen molar-refractivity contribution in [3.05, 3.63) is 60.7 Å². The van der Waals surface area contributed by atoms with Crippen LogP contribution in [0, 0.1) is 0 Å². The number of carbonyl (C=O) groups is 1. The summed E-state index contributed by atoms with van der Waals surface area (Å²) in [5, 5.41) is 14.0. The molecule has 6 nitrogen and oxygen atoms in total. The lowest BCUT2D eigenvalue weighted by Crippen LogP contribution is -1.97. The SMILES string of the molecule is O=C(O)c1cc2ncc(-c3ccnc4ccccc34)cn2n1. The van der Waals surface area contributed by atoms with Crippen molar-refractivity contribution in [1.29, 1.82) is 0 Å². The summed E-state index contributed by atoms with van der Waals surface area (Å²) in [4.78, 5) is 19.6. The highest BCUT2D eigenvalue weighted by atomic mass is 16.4. The highest BCUT2D eigenvalue weighted by molar-refractivity contribution is 5.94. The van der Waals surface area contributed by atoms with Gasteiger partial charge >= 0.3 is 5.97 Å². The van der Waals surface area contributed by atoms with E-state index in [9.17, 15) is 4.79 Å². The van der Waals surface area contributed by atoms with Crippen LogP contribution in [0.2, 0.25) is 0 Å². The number of benzene rings is 1. The smallest absolute Gasteiger partial charge is 0.356 e. The zero-order valence-electron chi connectivity index (χ0n) is 11.3. The molecule has 0 aliphatic carbocycles. The van der Waals surface area contributed by atoms with Gasteiger partial charge in [-0.25, -0.2) is 14.3 Å². The monoisotopic (exact) mass is 290 g/mol. The molecule has 4 aromatic rings. The number of carboxylic acid groups (broad SMARTS) is 1. The lowest BCUT2D eigenvalue weighted by molar-refractivity contribution is 0.0690. The summed E-state index contributed by atoms with van der Waals surface area (Å²) in [5.41, 5.74) is 3.20. The van der Waals surface area contributed by atoms with Crippen LogP contribution in [0.25, 0.3) is 27.7 Å². The largest absolute Gasteiger partial charge is 0.476 e. The van der Waals surface area contributed by atoms with Crippen LogP contribution in [0.15, 0.2) is 55.0 Å². The van der Waals surface area contributed by atoms with Crippen LogP contribution in [0.5, 0.6) is 0 Å². The second-order valence-corrected chi connectivity index (χ2v) is 4.86. The maximum absolute atomic E-state index is 11.0. The van der Waals surface area contributed by atoms with E-state index in [-0.39, 0.29) is 5.69 Å². The van der Waals surface area contributed by atoms with Gasteiger partial charge < -0.3 is 5.11 Å². The predicted molar refractivity (Wildman–Crippen MR) is 80.7 cm³/mol. The van der Waals surface area contributed by atoms with Crippen LogP contribution < -0.4 is 0 Å². The molecule has 0 amide bonds. The van der Waals surface area contributed by atoms with Gasteiger partial charge in [-0.3, -0.25) is 4.98 Å². The minimum atomic E-state index is -1.07.